The number of aromatic nitrogens is 2. The van der Waals surface area contributed by atoms with E-state index < -0.39 is 18.8 Å². The number of rotatable bonds is 5. The van der Waals surface area contributed by atoms with Crippen molar-refractivity contribution in [3.8, 4) is 11.5 Å². The highest BCUT2D eigenvalue weighted by molar-refractivity contribution is 6.30. The highest BCUT2D eigenvalue weighted by atomic mass is 35.5. The molecule has 1 unspecified atom stereocenters. The number of hydrogen-bond donors (Lipinski definition) is 1. The van der Waals surface area contributed by atoms with Crippen LogP contribution in [0.15, 0.2) is 28.7 Å². The standard InChI is InChI=1S/C13H13ClF3N3O2/c1-20(6-10(21)13(15,16)17)7-11-18-19-12(22-11)8-2-4-9(14)5-3-8/h2-5,10,21H,6-7H2,1H3. The lowest BCUT2D eigenvalue weighted by Gasteiger charge is -2.20. The molecule has 0 fully saturated rings. The fourth-order valence-corrected chi connectivity index (χ4v) is 1.85. The molecule has 120 valence electrons. The van der Waals surface area contributed by atoms with Gasteiger partial charge in [-0.2, -0.15) is 13.2 Å². The summed E-state index contributed by atoms with van der Waals surface area (Å²) in [5.41, 5.74) is 0.654. The van der Waals surface area contributed by atoms with Crippen molar-refractivity contribution < 1.29 is 22.7 Å². The van der Waals surface area contributed by atoms with Crippen molar-refractivity contribution in [1.82, 2.24) is 15.1 Å². The summed E-state index contributed by atoms with van der Waals surface area (Å²) >= 11 is 5.77. The minimum Gasteiger partial charge on any atom is -0.419 e. The van der Waals surface area contributed by atoms with Crippen molar-refractivity contribution in [3.63, 3.8) is 0 Å². The second kappa shape index (κ2) is 6.64. The zero-order chi connectivity index (χ0) is 16.3. The van der Waals surface area contributed by atoms with Crippen LogP contribution in [0.3, 0.4) is 0 Å². The van der Waals surface area contributed by atoms with Crippen LogP contribution in [-0.2, 0) is 6.54 Å². The summed E-state index contributed by atoms with van der Waals surface area (Å²) in [4.78, 5) is 1.25. The van der Waals surface area contributed by atoms with Crippen LogP contribution in [0.1, 0.15) is 5.89 Å². The average molecular weight is 336 g/mol. The van der Waals surface area contributed by atoms with Crippen molar-refractivity contribution in [2.45, 2.75) is 18.8 Å². The molecule has 2 aromatic rings. The molecule has 1 atom stereocenters. The minimum absolute atomic E-state index is 0.00622. The summed E-state index contributed by atoms with van der Waals surface area (Å²) in [6.45, 7) is -0.587. The number of benzene rings is 1. The van der Waals surface area contributed by atoms with Crippen molar-refractivity contribution >= 4 is 11.6 Å². The van der Waals surface area contributed by atoms with Gasteiger partial charge in [0.1, 0.15) is 0 Å². The Morgan fingerprint density at radius 1 is 1.27 bits per heavy atom. The molecule has 0 aliphatic rings. The zero-order valence-electron chi connectivity index (χ0n) is 11.5. The number of alkyl halides is 3. The van der Waals surface area contributed by atoms with E-state index in [1.54, 1.807) is 24.3 Å². The summed E-state index contributed by atoms with van der Waals surface area (Å²) < 4.78 is 42.2. The molecular weight excluding hydrogens is 323 g/mol. The molecule has 2 rings (SSSR count). The second-order valence-electron chi connectivity index (χ2n) is 4.76. The maximum absolute atomic E-state index is 12.3. The monoisotopic (exact) mass is 335 g/mol. The third kappa shape index (κ3) is 4.43. The van der Waals surface area contributed by atoms with Gasteiger partial charge in [-0.25, -0.2) is 0 Å². The molecule has 0 saturated carbocycles. The van der Waals surface area contributed by atoms with E-state index in [2.05, 4.69) is 10.2 Å². The lowest BCUT2D eigenvalue weighted by atomic mass is 10.2. The normalized spacial score (nSPS) is 13.6. The van der Waals surface area contributed by atoms with E-state index in [0.29, 0.717) is 10.6 Å². The van der Waals surface area contributed by atoms with Crippen LogP contribution in [-0.4, -0.2) is 46.1 Å². The van der Waals surface area contributed by atoms with Gasteiger partial charge >= 0.3 is 6.18 Å². The molecular formula is C13H13ClF3N3O2. The highest BCUT2D eigenvalue weighted by Crippen LogP contribution is 2.22. The first-order chi connectivity index (χ1) is 10.3. The van der Waals surface area contributed by atoms with Gasteiger partial charge in [0.25, 0.3) is 0 Å². The van der Waals surface area contributed by atoms with E-state index in [0.717, 1.165) is 0 Å². The fourth-order valence-electron chi connectivity index (χ4n) is 1.72. The Kier molecular flexibility index (Phi) is 5.05. The van der Waals surface area contributed by atoms with Crippen LogP contribution in [0, 0.1) is 0 Å². The number of halogens is 4. The molecule has 1 aromatic carbocycles. The number of aliphatic hydroxyl groups is 1. The molecule has 0 aliphatic heterocycles. The Labute approximate surface area is 129 Å². The molecule has 0 bridgehead atoms. The van der Waals surface area contributed by atoms with E-state index in [4.69, 9.17) is 21.1 Å². The quantitative estimate of drug-likeness (QED) is 0.910. The molecule has 1 aromatic heterocycles. The Morgan fingerprint density at radius 2 is 1.91 bits per heavy atom. The maximum Gasteiger partial charge on any atom is 0.415 e. The van der Waals surface area contributed by atoms with Gasteiger partial charge < -0.3 is 9.52 Å². The largest absolute Gasteiger partial charge is 0.419 e. The average Bonchev–Trinajstić information content (AvgIpc) is 2.86. The molecule has 0 radical (unpaired) electrons. The molecule has 0 saturated heterocycles. The van der Waals surface area contributed by atoms with Gasteiger partial charge in [0.05, 0.1) is 6.54 Å². The molecule has 0 amide bonds. The Balaban J connectivity index is 1.98. The molecule has 22 heavy (non-hydrogen) atoms. The van der Waals surface area contributed by atoms with E-state index in [1.807, 2.05) is 0 Å². The fraction of sp³-hybridized carbons (Fsp3) is 0.385. The number of likely N-dealkylation sites (N-methyl/N-ethyl adjacent to an activating group) is 1. The van der Waals surface area contributed by atoms with Gasteiger partial charge in [-0.05, 0) is 31.3 Å². The van der Waals surface area contributed by atoms with Gasteiger partial charge in [-0.15, -0.1) is 10.2 Å². The van der Waals surface area contributed by atoms with Gasteiger partial charge in [0.2, 0.25) is 11.8 Å². The summed E-state index contributed by atoms with van der Waals surface area (Å²) in [6, 6.07) is 6.70. The van der Waals surface area contributed by atoms with Crippen molar-refractivity contribution in [2.24, 2.45) is 0 Å². The third-order valence-corrected chi connectivity index (χ3v) is 3.08. The van der Waals surface area contributed by atoms with Gasteiger partial charge in [0, 0.05) is 17.1 Å². The van der Waals surface area contributed by atoms with Crippen molar-refractivity contribution in [1.29, 1.82) is 0 Å². The van der Waals surface area contributed by atoms with Crippen LogP contribution in [0.2, 0.25) is 5.02 Å². The highest BCUT2D eigenvalue weighted by Gasteiger charge is 2.38. The summed E-state index contributed by atoms with van der Waals surface area (Å²) in [5, 5.41) is 17.2. The van der Waals surface area contributed by atoms with Gasteiger partial charge in [0.15, 0.2) is 6.10 Å². The molecule has 5 nitrogen and oxygen atoms in total. The molecule has 0 spiro atoms. The van der Waals surface area contributed by atoms with E-state index >= 15 is 0 Å². The first-order valence-corrected chi connectivity index (χ1v) is 6.65. The number of aliphatic hydroxyl groups excluding tert-OH is 1. The van der Waals surface area contributed by atoms with Crippen LogP contribution < -0.4 is 0 Å². The molecule has 1 heterocycles. The van der Waals surface area contributed by atoms with Crippen molar-refractivity contribution in [3.05, 3.63) is 35.2 Å². The number of hydrogen-bond acceptors (Lipinski definition) is 5. The van der Waals surface area contributed by atoms with E-state index in [9.17, 15) is 13.2 Å². The first kappa shape index (κ1) is 16.7. The summed E-state index contributed by atoms with van der Waals surface area (Å²) in [6.07, 6.45) is -7.08. The van der Waals surface area contributed by atoms with Crippen LogP contribution in [0.4, 0.5) is 13.2 Å². The van der Waals surface area contributed by atoms with Crippen molar-refractivity contribution in [2.75, 3.05) is 13.6 Å². The predicted octanol–water partition coefficient (Wildman–Crippen LogP) is 2.75. The Hall–Kier alpha value is -1.64. The topological polar surface area (TPSA) is 62.4 Å². The molecule has 1 N–H and O–H groups in total. The van der Waals surface area contributed by atoms with Crippen LogP contribution in [0.5, 0.6) is 0 Å². The van der Waals surface area contributed by atoms with Crippen LogP contribution in [0.25, 0.3) is 11.5 Å². The smallest absolute Gasteiger partial charge is 0.415 e. The maximum atomic E-state index is 12.3. The van der Waals surface area contributed by atoms with Gasteiger partial charge in [-0.3, -0.25) is 4.90 Å². The van der Waals surface area contributed by atoms with E-state index in [1.165, 1.54) is 11.9 Å². The minimum atomic E-state index is -4.66. The first-order valence-electron chi connectivity index (χ1n) is 6.27. The van der Waals surface area contributed by atoms with E-state index in [-0.39, 0.29) is 18.3 Å². The summed E-state index contributed by atoms with van der Waals surface area (Å²) in [5.74, 6) is 0.401. The van der Waals surface area contributed by atoms with Gasteiger partial charge in [-0.1, -0.05) is 11.6 Å². The molecule has 0 aliphatic carbocycles. The zero-order valence-corrected chi connectivity index (χ0v) is 12.3. The Morgan fingerprint density at radius 3 is 2.50 bits per heavy atom. The SMILES string of the molecule is CN(Cc1nnc(-c2ccc(Cl)cc2)o1)CC(O)C(F)(F)F. The lowest BCUT2D eigenvalue weighted by molar-refractivity contribution is -0.207. The second-order valence-corrected chi connectivity index (χ2v) is 5.20. The lowest BCUT2D eigenvalue weighted by Crippen LogP contribution is -2.39. The summed E-state index contributed by atoms with van der Waals surface area (Å²) in [7, 11) is 1.42. The Bertz CT molecular complexity index is 616. The van der Waals surface area contributed by atoms with Crippen LogP contribution >= 0.6 is 11.6 Å². The molecule has 9 heteroatoms. The predicted molar refractivity (Wildman–Crippen MR) is 73.1 cm³/mol. The third-order valence-electron chi connectivity index (χ3n) is 2.83. The number of nitrogens with zero attached hydrogens (tertiary/aromatic N) is 3.